The maximum atomic E-state index is 9.76. The van der Waals surface area contributed by atoms with Crippen molar-refractivity contribution in [2.24, 2.45) is 0 Å². The van der Waals surface area contributed by atoms with E-state index >= 15 is 0 Å². The lowest BCUT2D eigenvalue weighted by Crippen LogP contribution is -2.40. The summed E-state index contributed by atoms with van der Waals surface area (Å²) < 4.78 is 0. The van der Waals surface area contributed by atoms with E-state index in [9.17, 15) is 4.79 Å². The Morgan fingerprint density at radius 3 is 2.00 bits per heavy atom. The normalized spacial score (nSPS) is 17.8. The molecule has 0 aromatic rings. The van der Waals surface area contributed by atoms with E-state index < -0.39 is 24.9 Å². The zero-order chi connectivity index (χ0) is 8.15. The van der Waals surface area contributed by atoms with Crippen molar-refractivity contribution < 1.29 is 25.2 Å². The number of aliphatic hydroxyl groups excluding tert-OH is 4. The average molecular weight is 231 g/mol. The van der Waals surface area contributed by atoms with Gasteiger partial charge in [-0.25, -0.2) is 0 Å². The van der Waals surface area contributed by atoms with Gasteiger partial charge in [-0.1, -0.05) is 0 Å². The van der Waals surface area contributed by atoms with Gasteiger partial charge in [0.05, 0.1) is 6.61 Å². The molecular weight excluding hydrogens is 220 g/mol. The molecule has 0 amide bonds. The molecule has 6 heteroatoms. The summed E-state index contributed by atoms with van der Waals surface area (Å²) in [6, 6.07) is 0. The van der Waals surface area contributed by atoms with Crippen LogP contribution in [0.15, 0.2) is 0 Å². The Morgan fingerprint density at radius 1 is 1.27 bits per heavy atom. The second kappa shape index (κ2) is 6.68. The maximum absolute atomic E-state index is 9.76. The molecule has 0 saturated carbocycles. The van der Waals surface area contributed by atoms with Crippen LogP contribution in [0.3, 0.4) is 0 Å². The zero-order valence-corrected chi connectivity index (χ0v) is 7.33. The van der Waals surface area contributed by atoms with Crippen molar-refractivity contribution in [1.82, 2.24) is 0 Å². The van der Waals surface area contributed by atoms with Crippen molar-refractivity contribution in [3.05, 3.63) is 0 Å². The Morgan fingerprint density at radius 2 is 1.73 bits per heavy atom. The number of hydrogen-bond donors (Lipinski definition) is 4. The highest BCUT2D eigenvalue weighted by molar-refractivity contribution is 8.93. The van der Waals surface area contributed by atoms with Crippen LogP contribution in [0.25, 0.3) is 0 Å². The monoisotopic (exact) mass is 230 g/mol. The first kappa shape index (κ1) is 13.6. The number of halogens is 1. The summed E-state index contributed by atoms with van der Waals surface area (Å²) in [5.74, 6) is 0. The third-order valence-corrected chi connectivity index (χ3v) is 1.07. The highest BCUT2D eigenvalue weighted by atomic mass is 79.9. The summed E-state index contributed by atoms with van der Waals surface area (Å²) in [5.41, 5.74) is 0. The molecule has 0 bridgehead atoms. The van der Waals surface area contributed by atoms with Gasteiger partial charge in [0.15, 0.2) is 6.29 Å². The predicted molar refractivity (Wildman–Crippen MR) is 41.5 cm³/mol. The Balaban J connectivity index is 0. The predicted octanol–water partition coefficient (Wildman–Crippen LogP) is -2.16. The molecule has 0 spiro atoms. The van der Waals surface area contributed by atoms with Gasteiger partial charge < -0.3 is 25.2 Å². The van der Waals surface area contributed by atoms with Crippen molar-refractivity contribution in [2.45, 2.75) is 18.3 Å². The lowest BCUT2D eigenvalue weighted by molar-refractivity contribution is -0.127. The number of aldehydes is 1. The molecule has 0 unspecified atom stereocenters. The molecule has 0 heterocycles. The second-order valence-corrected chi connectivity index (χ2v) is 1.87. The van der Waals surface area contributed by atoms with Gasteiger partial charge in [0.1, 0.15) is 18.3 Å². The Labute approximate surface area is 74.1 Å². The van der Waals surface area contributed by atoms with Gasteiger partial charge in [0.2, 0.25) is 0 Å². The van der Waals surface area contributed by atoms with Gasteiger partial charge in [-0.2, -0.15) is 0 Å². The van der Waals surface area contributed by atoms with Crippen LogP contribution in [0.5, 0.6) is 0 Å². The molecule has 0 fully saturated rings. The molecule has 3 atom stereocenters. The first-order chi connectivity index (χ1) is 4.63. The van der Waals surface area contributed by atoms with E-state index in [4.69, 9.17) is 20.4 Å². The van der Waals surface area contributed by atoms with Crippen LogP contribution in [-0.2, 0) is 4.79 Å². The number of hydrogen-bond acceptors (Lipinski definition) is 5. The summed E-state index contributed by atoms with van der Waals surface area (Å²) in [5, 5.41) is 34.1. The SMILES string of the molecule is Br.O=C[C@@H](O)[C@H](O)[C@@H](O)CO. The van der Waals surface area contributed by atoms with Gasteiger partial charge in [0.25, 0.3) is 0 Å². The minimum Gasteiger partial charge on any atom is -0.394 e. The maximum Gasteiger partial charge on any atom is 0.151 e. The largest absolute Gasteiger partial charge is 0.394 e. The van der Waals surface area contributed by atoms with Crippen LogP contribution in [0.1, 0.15) is 0 Å². The van der Waals surface area contributed by atoms with Crippen LogP contribution >= 0.6 is 17.0 Å². The van der Waals surface area contributed by atoms with Crippen LogP contribution in [0.4, 0.5) is 0 Å². The molecule has 0 aliphatic rings. The van der Waals surface area contributed by atoms with Crippen molar-refractivity contribution in [1.29, 1.82) is 0 Å². The van der Waals surface area contributed by atoms with Crippen LogP contribution in [-0.4, -0.2) is 51.6 Å². The summed E-state index contributed by atoms with van der Waals surface area (Å²) in [6.07, 6.45) is -4.63. The van der Waals surface area contributed by atoms with E-state index in [1.165, 1.54) is 0 Å². The molecule has 0 aliphatic carbocycles. The summed E-state index contributed by atoms with van der Waals surface area (Å²) >= 11 is 0. The van der Waals surface area contributed by atoms with E-state index in [0.717, 1.165) is 0 Å². The number of carbonyl (C=O) groups is 1. The van der Waals surface area contributed by atoms with Crippen molar-refractivity contribution in [3.8, 4) is 0 Å². The number of rotatable bonds is 4. The van der Waals surface area contributed by atoms with Crippen molar-refractivity contribution in [3.63, 3.8) is 0 Å². The number of aliphatic hydroxyl groups is 4. The molecule has 68 valence electrons. The van der Waals surface area contributed by atoms with Gasteiger partial charge in [0, 0.05) is 0 Å². The molecule has 0 aliphatic heterocycles. The summed E-state index contributed by atoms with van der Waals surface area (Å²) in [7, 11) is 0. The van der Waals surface area contributed by atoms with Crippen LogP contribution in [0, 0.1) is 0 Å². The second-order valence-electron chi connectivity index (χ2n) is 1.87. The quantitative estimate of drug-likeness (QED) is 0.413. The van der Waals surface area contributed by atoms with Gasteiger partial charge in [-0.3, -0.25) is 0 Å². The molecule has 0 aromatic carbocycles. The molecule has 0 saturated heterocycles. The topological polar surface area (TPSA) is 98.0 Å². The molecule has 11 heavy (non-hydrogen) atoms. The van der Waals surface area contributed by atoms with E-state index in [1.807, 2.05) is 0 Å². The van der Waals surface area contributed by atoms with E-state index in [-0.39, 0.29) is 23.3 Å². The lowest BCUT2D eigenvalue weighted by Gasteiger charge is -2.16. The molecule has 0 radical (unpaired) electrons. The third-order valence-electron chi connectivity index (χ3n) is 1.07. The fraction of sp³-hybridized carbons (Fsp3) is 0.800. The number of carbonyl (C=O) groups excluding carboxylic acids is 1. The summed E-state index contributed by atoms with van der Waals surface area (Å²) in [6.45, 7) is -0.688. The first-order valence-corrected chi connectivity index (χ1v) is 2.73. The van der Waals surface area contributed by atoms with E-state index in [2.05, 4.69) is 0 Å². The zero-order valence-electron chi connectivity index (χ0n) is 5.62. The molecule has 0 aromatic heterocycles. The first-order valence-electron chi connectivity index (χ1n) is 2.73. The standard InChI is InChI=1S/C5H10O5.BrH/c6-1-3(8)5(10)4(9)2-7;/h1,3-5,7-10H,2H2;1H/t3-,4+,5+;/m1./s1. The smallest absolute Gasteiger partial charge is 0.151 e. The third kappa shape index (κ3) is 4.44. The molecule has 0 rings (SSSR count). The highest BCUT2D eigenvalue weighted by Crippen LogP contribution is 1.96. The molecule has 5 nitrogen and oxygen atoms in total. The Kier molecular flexibility index (Phi) is 8.25. The van der Waals surface area contributed by atoms with Crippen LogP contribution in [0.2, 0.25) is 0 Å². The van der Waals surface area contributed by atoms with Gasteiger partial charge >= 0.3 is 0 Å². The Hall–Kier alpha value is -0.0100. The molecule has 4 N–H and O–H groups in total. The average Bonchev–Trinajstić information content (AvgIpc) is 2.00. The minimum atomic E-state index is -1.64. The highest BCUT2D eigenvalue weighted by Gasteiger charge is 2.22. The molecular formula is C5H11BrO5. The van der Waals surface area contributed by atoms with Gasteiger partial charge in [-0.05, 0) is 0 Å². The fourth-order valence-corrected chi connectivity index (χ4v) is 0.416. The Bertz CT molecular complexity index is 109. The van der Waals surface area contributed by atoms with Gasteiger partial charge in [-0.15, -0.1) is 17.0 Å². The fourth-order valence-electron chi connectivity index (χ4n) is 0.416. The van der Waals surface area contributed by atoms with Crippen molar-refractivity contribution >= 4 is 23.3 Å². The summed E-state index contributed by atoms with van der Waals surface area (Å²) in [4.78, 5) is 9.76. The minimum absolute atomic E-state index is 0. The van der Waals surface area contributed by atoms with Crippen molar-refractivity contribution in [2.75, 3.05) is 6.61 Å². The lowest BCUT2D eigenvalue weighted by atomic mass is 10.1. The van der Waals surface area contributed by atoms with E-state index in [0.29, 0.717) is 0 Å². The van der Waals surface area contributed by atoms with E-state index in [1.54, 1.807) is 0 Å². The van der Waals surface area contributed by atoms with Crippen LogP contribution < -0.4 is 0 Å².